The average Bonchev–Trinajstić information content (AvgIpc) is 3.33. The van der Waals surface area contributed by atoms with Crippen molar-refractivity contribution in [3.63, 3.8) is 0 Å². The molecule has 0 amide bonds. The van der Waals surface area contributed by atoms with Crippen molar-refractivity contribution in [1.29, 1.82) is 0 Å². The van der Waals surface area contributed by atoms with E-state index in [1.807, 2.05) is 9.47 Å². The molecule has 3 heterocycles. The van der Waals surface area contributed by atoms with Gasteiger partial charge in [-0.1, -0.05) is 0 Å². The summed E-state index contributed by atoms with van der Waals surface area (Å²) in [5.41, 5.74) is 0.163. The van der Waals surface area contributed by atoms with Crippen molar-refractivity contribution >= 4 is 50.7 Å². The van der Waals surface area contributed by atoms with Gasteiger partial charge >= 0.3 is 0 Å². The van der Waals surface area contributed by atoms with Crippen molar-refractivity contribution in [1.82, 2.24) is 13.8 Å². The van der Waals surface area contributed by atoms with Gasteiger partial charge < -0.3 is 19.1 Å². The van der Waals surface area contributed by atoms with Crippen molar-refractivity contribution in [2.75, 3.05) is 39.2 Å². The van der Waals surface area contributed by atoms with E-state index < -0.39 is 16.8 Å². The van der Waals surface area contributed by atoms with Gasteiger partial charge in [0.25, 0.3) is 5.56 Å². The van der Waals surface area contributed by atoms with Gasteiger partial charge in [-0.2, -0.15) is 0 Å². The normalized spacial score (nSPS) is 19.7. The summed E-state index contributed by atoms with van der Waals surface area (Å²) in [6.45, 7) is 3.65. The molecule has 2 aliphatic rings. The van der Waals surface area contributed by atoms with Crippen LogP contribution in [0.15, 0.2) is 15.7 Å². The number of pyridine rings is 1. The van der Waals surface area contributed by atoms with Gasteiger partial charge in [0.15, 0.2) is 11.6 Å². The number of nitrogens with zero attached hydrogens (tertiary/aromatic N) is 3. The smallest absolute Gasteiger partial charge is 0.271 e. The van der Waals surface area contributed by atoms with Crippen LogP contribution < -0.4 is 20.6 Å². The molecule has 5 rings (SSSR count). The number of rotatable bonds is 5. The van der Waals surface area contributed by atoms with Crippen molar-refractivity contribution in [2.45, 2.75) is 38.3 Å². The second-order valence-electron chi connectivity index (χ2n) is 8.98. The molecule has 0 bridgehead atoms. The summed E-state index contributed by atoms with van der Waals surface area (Å²) in [7, 11) is 5.65. The maximum Gasteiger partial charge on any atom is 0.271 e. The van der Waals surface area contributed by atoms with E-state index in [9.17, 15) is 9.59 Å². The third-order valence-electron chi connectivity index (χ3n) is 6.95. The lowest BCUT2D eigenvalue weighted by atomic mass is 10.00. The van der Waals surface area contributed by atoms with E-state index in [-0.39, 0.29) is 29.2 Å². The Morgan fingerprint density at radius 1 is 1.28 bits per heavy atom. The Morgan fingerprint density at radius 3 is 2.62 bits per heavy atom. The van der Waals surface area contributed by atoms with E-state index in [1.165, 1.54) is 13.2 Å². The number of benzene rings is 1. The topological polar surface area (TPSA) is 70.6 Å². The molecule has 1 N–H and O–H groups in total. The fourth-order valence-electron chi connectivity index (χ4n) is 4.89. The number of anilines is 1. The van der Waals surface area contributed by atoms with Gasteiger partial charge in [0.05, 0.1) is 18.0 Å². The Bertz CT molecular complexity index is 1300. The molecule has 1 aliphatic carbocycles. The van der Waals surface area contributed by atoms with Crippen LogP contribution in [0.1, 0.15) is 32.2 Å². The monoisotopic (exact) mass is 482 g/mol. The number of hydrogen-bond donors (Lipinski definition) is 1. The predicted octanol–water partition coefficient (Wildman–Crippen LogP) is 3.59. The summed E-state index contributed by atoms with van der Waals surface area (Å²) in [5, 5.41) is 0.318. The molecule has 1 saturated carbocycles. The van der Waals surface area contributed by atoms with Crippen LogP contribution in [0.25, 0.3) is 21.1 Å². The number of halogens is 2. The summed E-state index contributed by atoms with van der Waals surface area (Å²) in [5.74, 6) is 0.325. The first-order chi connectivity index (χ1) is 14.8. The van der Waals surface area contributed by atoms with Crippen LogP contribution in [-0.4, -0.2) is 54.2 Å². The molecule has 32 heavy (non-hydrogen) atoms. The third-order valence-corrected chi connectivity index (χ3v) is 7.83. The highest BCUT2D eigenvalue weighted by atomic mass is 35.5. The maximum absolute atomic E-state index is 15.5. The van der Waals surface area contributed by atoms with Crippen molar-refractivity contribution < 1.29 is 9.13 Å². The fourth-order valence-corrected chi connectivity index (χ4v) is 5.81. The SMILES string of the molecule is COc1c(N2CC[C@@H]([C@H](C)N(C)C)C2)c(F)cc2c(=O)c3c(=O)[nH]sc3n(C3CC3)c12.Cl. The van der Waals surface area contributed by atoms with Crippen molar-refractivity contribution in [3.05, 3.63) is 32.5 Å². The van der Waals surface area contributed by atoms with E-state index in [2.05, 4.69) is 30.3 Å². The molecule has 1 saturated heterocycles. The zero-order valence-corrected chi connectivity index (χ0v) is 20.2. The standard InChI is InChI=1S/C22H27FN4O3S.ClH/c1-11(25(2)3)12-7-8-26(10-12)18-15(23)9-14-17(20(18)30-4)27(13-5-6-13)22-16(19(14)28)21(29)24-31-22;/h9,11-13H,5-8,10H2,1-4H3,(H,24,29);1H/t11-,12+;/m0./s1. The van der Waals surface area contributed by atoms with Gasteiger partial charge in [-0.3, -0.25) is 14.0 Å². The molecule has 174 valence electrons. The first-order valence-corrected chi connectivity index (χ1v) is 11.5. The highest BCUT2D eigenvalue weighted by molar-refractivity contribution is 7.12. The Balaban J connectivity index is 0.00000245. The highest BCUT2D eigenvalue weighted by Gasteiger charge is 2.35. The molecule has 10 heteroatoms. The van der Waals surface area contributed by atoms with Crippen LogP contribution in [0.3, 0.4) is 0 Å². The van der Waals surface area contributed by atoms with Crippen LogP contribution in [0.2, 0.25) is 0 Å². The zero-order chi connectivity index (χ0) is 22.0. The average molecular weight is 483 g/mol. The molecule has 1 aromatic carbocycles. The molecule has 1 aliphatic heterocycles. The molecule has 2 fully saturated rings. The quantitative estimate of drug-likeness (QED) is 0.602. The van der Waals surface area contributed by atoms with Gasteiger partial charge in [0.1, 0.15) is 15.9 Å². The molecular weight excluding hydrogens is 455 g/mol. The van der Waals surface area contributed by atoms with E-state index >= 15 is 4.39 Å². The van der Waals surface area contributed by atoms with Crippen molar-refractivity contribution in [2.24, 2.45) is 5.92 Å². The molecule has 0 radical (unpaired) electrons. The number of nitrogens with one attached hydrogen (secondary N) is 1. The van der Waals surface area contributed by atoms with Gasteiger partial charge in [0.2, 0.25) is 5.43 Å². The molecule has 0 unspecified atom stereocenters. The third kappa shape index (κ3) is 3.41. The zero-order valence-electron chi connectivity index (χ0n) is 18.6. The minimum absolute atomic E-state index is 0. The molecular formula is C22H28ClFN4O3S. The number of fused-ring (bicyclic) bond motifs is 2. The summed E-state index contributed by atoms with van der Waals surface area (Å²) in [6, 6.07) is 1.86. The number of H-pyrrole nitrogens is 1. The van der Waals surface area contributed by atoms with E-state index in [0.717, 1.165) is 43.9 Å². The lowest BCUT2D eigenvalue weighted by Gasteiger charge is -2.28. The minimum atomic E-state index is -0.479. The van der Waals surface area contributed by atoms with E-state index in [4.69, 9.17) is 4.74 Å². The van der Waals surface area contributed by atoms with Gasteiger partial charge in [-0.05, 0) is 63.8 Å². The molecule has 7 nitrogen and oxygen atoms in total. The Labute approximate surface area is 195 Å². The lowest BCUT2D eigenvalue weighted by molar-refractivity contribution is 0.240. The highest BCUT2D eigenvalue weighted by Crippen LogP contribution is 2.46. The van der Waals surface area contributed by atoms with Crippen LogP contribution >= 0.6 is 23.9 Å². The minimum Gasteiger partial charge on any atom is -0.492 e. The second-order valence-corrected chi connectivity index (χ2v) is 9.77. The van der Waals surface area contributed by atoms with Crippen LogP contribution in [0.5, 0.6) is 5.75 Å². The molecule has 3 aromatic rings. The summed E-state index contributed by atoms with van der Waals surface area (Å²) >= 11 is 1.16. The van der Waals surface area contributed by atoms with Gasteiger partial charge in [0, 0.05) is 25.2 Å². The van der Waals surface area contributed by atoms with E-state index in [1.54, 1.807) is 0 Å². The Kier molecular flexibility index (Phi) is 6.02. The first-order valence-electron chi connectivity index (χ1n) is 10.7. The largest absolute Gasteiger partial charge is 0.492 e. The predicted molar refractivity (Wildman–Crippen MR) is 130 cm³/mol. The molecule has 0 spiro atoms. The number of ether oxygens (including phenoxy) is 1. The summed E-state index contributed by atoms with van der Waals surface area (Å²) < 4.78 is 26.0. The number of aromatic amines is 1. The number of methoxy groups -OCH3 is 1. The van der Waals surface area contributed by atoms with Crippen LogP contribution in [0, 0.1) is 11.7 Å². The van der Waals surface area contributed by atoms with Gasteiger partial charge in [-0.25, -0.2) is 4.39 Å². The van der Waals surface area contributed by atoms with Crippen LogP contribution in [0.4, 0.5) is 10.1 Å². The van der Waals surface area contributed by atoms with E-state index in [0.29, 0.717) is 33.7 Å². The number of aromatic nitrogens is 2. The maximum atomic E-state index is 15.5. The summed E-state index contributed by atoms with van der Waals surface area (Å²) in [6.07, 6.45) is 2.89. The van der Waals surface area contributed by atoms with Crippen LogP contribution in [-0.2, 0) is 0 Å². The Hall–Kier alpha value is -2.10. The fraction of sp³-hybridized carbons (Fsp3) is 0.545. The second kappa shape index (κ2) is 8.35. The molecule has 2 atom stereocenters. The first kappa shape index (κ1) is 23.1. The summed E-state index contributed by atoms with van der Waals surface area (Å²) in [4.78, 5) is 30.3. The number of hydrogen-bond acceptors (Lipinski definition) is 6. The van der Waals surface area contributed by atoms with Crippen molar-refractivity contribution in [3.8, 4) is 5.75 Å². The van der Waals surface area contributed by atoms with Gasteiger partial charge in [-0.15, -0.1) is 12.4 Å². The Morgan fingerprint density at radius 2 is 2.00 bits per heavy atom. The molecule has 2 aromatic heterocycles. The lowest BCUT2D eigenvalue weighted by Crippen LogP contribution is -2.34.